The largest absolute Gasteiger partial charge is 0.358 e. The van der Waals surface area contributed by atoms with Gasteiger partial charge in [-0.1, -0.05) is 0 Å². The minimum absolute atomic E-state index is 0.551. The number of aryl methyl sites for hydroxylation is 1. The van der Waals surface area contributed by atoms with Crippen molar-refractivity contribution in [2.45, 2.75) is 13.5 Å². The third-order valence-corrected chi connectivity index (χ3v) is 2.59. The Morgan fingerprint density at radius 2 is 1.94 bits per heavy atom. The van der Waals surface area contributed by atoms with Crippen molar-refractivity contribution in [1.29, 1.82) is 0 Å². The van der Waals surface area contributed by atoms with E-state index in [9.17, 15) is 0 Å². The van der Waals surface area contributed by atoms with Gasteiger partial charge in [-0.2, -0.15) is 0 Å². The molecule has 0 fully saturated rings. The van der Waals surface area contributed by atoms with Crippen LogP contribution >= 0.6 is 0 Å². The van der Waals surface area contributed by atoms with Crippen LogP contribution in [0.25, 0.3) is 0 Å². The second kappa shape index (κ2) is 5.82. The standard InChI is InChI=1S/C12H22N4/c1-10-7-11(8-13)9-14-12(10)16(4)6-5-15(2)3/h7,9H,5-6,8,13H2,1-4H3. The van der Waals surface area contributed by atoms with Crippen molar-refractivity contribution in [3.63, 3.8) is 0 Å². The third kappa shape index (κ3) is 3.47. The first-order valence-electron chi connectivity index (χ1n) is 5.56. The zero-order chi connectivity index (χ0) is 12.1. The minimum atomic E-state index is 0.551. The molecule has 0 amide bonds. The highest BCUT2D eigenvalue weighted by molar-refractivity contribution is 5.46. The van der Waals surface area contributed by atoms with Crippen molar-refractivity contribution in [1.82, 2.24) is 9.88 Å². The van der Waals surface area contributed by atoms with Crippen molar-refractivity contribution in [3.8, 4) is 0 Å². The molecule has 0 atom stereocenters. The summed E-state index contributed by atoms with van der Waals surface area (Å²) < 4.78 is 0. The lowest BCUT2D eigenvalue weighted by molar-refractivity contribution is 0.416. The Kier molecular flexibility index (Phi) is 4.71. The van der Waals surface area contributed by atoms with E-state index < -0.39 is 0 Å². The molecule has 0 bridgehead atoms. The van der Waals surface area contributed by atoms with Crippen LogP contribution in [0.15, 0.2) is 12.3 Å². The highest BCUT2D eigenvalue weighted by Crippen LogP contribution is 2.16. The Labute approximate surface area is 98.1 Å². The number of nitrogens with two attached hydrogens (primary N) is 1. The Balaban J connectivity index is 2.71. The second-order valence-corrected chi connectivity index (χ2v) is 4.41. The summed E-state index contributed by atoms with van der Waals surface area (Å²) in [6.07, 6.45) is 1.86. The van der Waals surface area contributed by atoms with Crippen LogP contribution in [-0.4, -0.2) is 44.1 Å². The number of likely N-dealkylation sites (N-methyl/N-ethyl adjacent to an activating group) is 2. The highest BCUT2D eigenvalue weighted by atomic mass is 15.2. The van der Waals surface area contributed by atoms with E-state index in [-0.39, 0.29) is 0 Å². The fourth-order valence-electron chi connectivity index (χ4n) is 1.59. The van der Waals surface area contributed by atoms with Gasteiger partial charge in [0.25, 0.3) is 0 Å². The van der Waals surface area contributed by atoms with Gasteiger partial charge >= 0.3 is 0 Å². The maximum Gasteiger partial charge on any atom is 0.131 e. The Morgan fingerprint density at radius 1 is 1.25 bits per heavy atom. The summed E-state index contributed by atoms with van der Waals surface area (Å²) in [5.74, 6) is 1.04. The van der Waals surface area contributed by atoms with Crippen LogP contribution in [0.3, 0.4) is 0 Å². The van der Waals surface area contributed by atoms with Gasteiger partial charge in [0.15, 0.2) is 0 Å². The van der Waals surface area contributed by atoms with E-state index in [1.54, 1.807) is 0 Å². The molecule has 0 aromatic carbocycles. The molecule has 2 N–H and O–H groups in total. The summed E-state index contributed by atoms with van der Waals surface area (Å²) in [4.78, 5) is 8.80. The second-order valence-electron chi connectivity index (χ2n) is 4.41. The van der Waals surface area contributed by atoms with Crippen LogP contribution < -0.4 is 10.6 Å². The lowest BCUT2D eigenvalue weighted by Gasteiger charge is -2.22. The maximum atomic E-state index is 5.58. The number of nitrogens with zero attached hydrogens (tertiary/aromatic N) is 3. The molecular weight excluding hydrogens is 200 g/mol. The van der Waals surface area contributed by atoms with Crippen LogP contribution in [-0.2, 0) is 6.54 Å². The monoisotopic (exact) mass is 222 g/mol. The number of aromatic nitrogens is 1. The van der Waals surface area contributed by atoms with Crippen molar-refractivity contribution < 1.29 is 0 Å². The summed E-state index contributed by atoms with van der Waals surface area (Å²) in [5, 5.41) is 0. The lowest BCUT2D eigenvalue weighted by Crippen LogP contribution is -2.29. The molecule has 1 heterocycles. The average molecular weight is 222 g/mol. The first-order chi connectivity index (χ1) is 7.54. The van der Waals surface area contributed by atoms with Crippen molar-refractivity contribution >= 4 is 5.82 Å². The molecule has 1 rings (SSSR count). The van der Waals surface area contributed by atoms with E-state index >= 15 is 0 Å². The first-order valence-corrected chi connectivity index (χ1v) is 5.56. The van der Waals surface area contributed by atoms with Gasteiger partial charge in [-0.3, -0.25) is 0 Å². The van der Waals surface area contributed by atoms with Gasteiger partial charge in [-0.05, 0) is 38.2 Å². The van der Waals surface area contributed by atoms with Crippen LogP contribution in [0.4, 0.5) is 5.82 Å². The normalized spacial score (nSPS) is 10.9. The molecule has 4 heteroatoms. The first kappa shape index (κ1) is 12.9. The molecular formula is C12H22N4. The van der Waals surface area contributed by atoms with Crippen LogP contribution in [0, 0.1) is 6.92 Å². The molecule has 1 aromatic heterocycles. The summed E-state index contributed by atoms with van der Waals surface area (Å²) >= 11 is 0. The molecule has 4 nitrogen and oxygen atoms in total. The predicted octanol–water partition coefficient (Wildman–Crippen LogP) is 0.847. The molecule has 0 saturated heterocycles. The smallest absolute Gasteiger partial charge is 0.131 e. The van der Waals surface area contributed by atoms with E-state index in [0.29, 0.717) is 6.54 Å². The molecule has 0 unspecified atom stereocenters. The number of hydrogen-bond acceptors (Lipinski definition) is 4. The number of rotatable bonds is 5. The molecule has 0 spiro atoms. The van der Waals surface area contributed by atoms with E-state index in [1.807, 2.05) is 6.20 Å². The van der Waals surface area contributed by atoms with Gasteiger partial charge in [-0.25, -0.2) is 4.98 Å². The third-order valence-electron chi connectivity index (χ3n) is 2.59. The van der Waals surface area contributed by atoms with E-state index in [4.69, 9.17) is 5.73 Å². The minimum Gasteiger partial charge on any atom is -0.358 e. The number of hydrogen-bond donors (Lipinski definition) is 1. The zero-order valence-corrected chi connectivity index (χ0v) is 10.7. The van der Waals surface area contributed by atoms with E-state index in [2.05, 4.69) is 48.9 Å². The summed E-state index contributed by atoms with van der Waals surface area (Å²) in [7, 11) is 6.22. The summed E-state index contributed by atoms with van der Waals surface area (Å²) in [6, 6.07) is 2.11. The molecule has 0 aliphatic carbocycles. The molecule has 0 radical (unpaired) electrons. The van der Waals surface area contributed by atoms with E-state index in [1.165, 1.54) is 5.56 Å². The van der Waals surface area contributed by atoms with Gasteiger partial charge in [0.05, 0.1) is 0 Å². The van der Waals surface area contributed by atoms with Crippen LogP contribution in [0.2, 0.25) is 0 Å². The lowest BCUT2D eigenvalue weighted by atomic mass is 10.2. The van der Waals surface area contributed by atoms with Crippen LogP contribution in [0.1, 0.15) is 11.1 Å². The topological polar surface area (TPSA) is 45.4 Å². The molecule has 90 valence electrons. The quantitative estimate of drug-likeness (QED) is 0.802. The molecule has 16 heavy (non-hydrogen) atoms. The molecule has 1 aromatic rings. The number of anilines is 1. The van der Waals surface area contributed by atoms with E-state index in [0.717, 1.165) is 24.5 Å². The van der Waals surface area contributed by atoms with Crippen molar-refractivity contribution in [2.75, 3.05) is 39.1 Å². The number of pyridine rings is 1. The van der Waals surface area contributed by atoms with Gasteiger partial charge in [0.1, 0.15) is 5.82 Å². The Morgan fingerprint density at radius 3 is 2.44 bits per heavy atom. The van der Waals surface area contributed by atoms with Gasteiger partial charge in [0.2, 0.25) is 0 Å². The fraction of sp³-hybridized carbons (Fsp3) is 0.583. The Bertz CT molecular complexity index is 336. The fourth-order valence-corrected chi connectivity index (χ4v) is 1.59. The maximum absolute atomic E-state index is 5.58. The van der Waals surface area contributed by atoms with Gasteiger partial charge in [-0.15, -0.1) is 0 Å². The summed E-state index contributed by atoms with van der Waals surface area (Å²) in [6.45, 7) is 4.63. The summed E-state index contributed by atoms with van der Waals surface area (Å²) in [5.41, 5.74) is 7.85. The molecule has 0 aliphatic rings. The average Bonchev–Trinajstić information content (AvgIpc) is 2.25. The highest BCUT2D eigenvalue weighted by Gasteiger charge is 2.06. The van der Waals surface area contributed by atoms with Crippen molar-refractivity contribution in [2.24, 2.45) is 5.73 Å². The Hall–Kier alpha value is -1.13. The van der Waals surface area contributed by atoms with Crippen molar-refractivity contribution in [3.05, 3.63) is 23.4 Å². The SMILES string of the molecule is Cc1cc(CN)cnc1N(C)CCN(C)C. The van der Waals surface area contributed by atoms with Gasteiger partial charge in [0, 0.05) is 32.9 Å². The molecule has 0 aliphatic heterocycles. The van der Waals surface area contributed by atoms with Gasteiger partial charge < -0.3 is 15.5 Å². The molecule has 0 saturated carbocycles. The predicted molar refractivity (Wildman–Crippen MR) is 68.7 cm³/mol. The van der Waals surface area contributed by atoms with Crippen LogP contribution in [0.5, 0.6) is 0 Å². The zero-order valence-electron chi connectivity index (χ0n) is 10.7.